The molecule has 0 saturated heterocycles. The number of benzene rings is 2. The Morgan fingerprint density at radius 2 is 2.00 bits per heavy atom. The molecule has 1 aromatic heterocycles. The Labute approximate surface area is 229 Å². The molecule has 3 aromatic rings. The molecular formula is C28H30F3N6O3+. The lowest BCUT2D eigenvalue weighted by Gasteiger charge is -2.36. The first-order valence-electron chi connectivity index (χ1n) is 12.8. The van der Waals surface area contributed by atoms with E-state index in [0.717, 1.165) is 37.1 Å². The number of halogens is 3. The van der Waals surface area contributed by atoms with Gasteiger partial charge in [-0.2, -0.15) is 18.4 Å². The number of quaternary nitrogens is 1. The molecule has 2 N–H and O–H groups in total. The maximum absolute atomic E-state index is 13.6. The molecule has 0 fully saturated rings. The van der Waals surface area contributed by atoms with E-state index in [0.29, 0.717) is 17.7 Å². The topological polar surface area (TPSA) is 108 Å². The van der Waals surface area contributed by atoms with Crippen LogP contribution in [0, 0.1) is 11.3 Å². The number of unbranched alkanes of at least 4 members (excludes halogenated alkanes) is 1. The summed E-state index contributed by atoms with van der Waals surface area (Å²) in [6.07, 6.45) is -2.60. The second-order valence-corrected chi connectivity index (χ2v) is 9.74. The van der Waals surface area contributed by atoms with E-state index in [4.69, 9.17) is 4.74 Å². The van der Waals surface area contributed by atoms with E-state index < -0.39 is 29.4 Å². The lowest BCUT2D eigenvalue weighted by molar-refractivity contribution is -0.894. The Hall–Kier alpha value is -4.37. The number of nitriles is 1. The van der Waals surface area contributed by atoms with Gasteiger partial charge in [0.05, 0.1) is 43.5 Å². The van der Waals surface area contributed by atoms with Gasteiger partial charge in [-0.1, -0.05) is 25.5 Å². The highest BCUT2D eigenvalue weighted by atomic mass is 19.4. The fraction of sp³-hybridized carbons (Fsp3) is 0.357. The monoisotopic (exact) mass is 555 g/mol. The molecule has 2 heterocycles. The van der Waals surface area contributed by atoms with Crippen LogP contribution in [0.4, 0.5) is 24.8 Å². The summed E-state index contributed by atoms with van der Waals surface area (Å²) in [5.41, 5.74) is 0.586. The van der Waals surface area contributed by atoms with E-state index in [-0.39, 0.29) is 22.9 Å². The lowest BCUT2D eigenvalue weighted by Crippen LogP contribution is -3.07. The molecule has 9 nitrogen and oxygen atoms in total. The molecule has 1 aliphatic rings. The smallest absolute Gasteiger partial charge is 0.416 e. The zero-order chi connectivity index (χ0) is 29.2. The Morgan fingerprint density at radius 1 is 1.25 bits per heavy atom. The number of rotatable bonds is 8. The molecule has 0 amide bonds. The fourth-order valence-corrected chi connectivity index (χ4v) is 5.07. The Bertz CT molecular complexity index is 1550. The summed E-state index contributed by atoms with van der Waals surface area (Å²) in [4.78, 5) is 29.0. The second-order valence-electron chi connectivity index (χ2n) is 9.74. The van der Waals surface area contributed by atoms with Gasteiger partial charge in [0.1, 0.15) is 12.6 Å². The van der Waals surface area contributed by atoms with Crippen molar-refractivity contribution in [1.29, 1.82) is 5.26 Å². The van der Waals surface area contributed by atoms with Gasteiger partial charge in [-0.05, 0) is 49.2 Å². The number of carbonyl (C=O) groups is 1. The van der Waals surface area contributed by atoms with E-state index in [1.807, 2.05) is 7.05 Å². The van der Waals surface area contributed by atoms with Crippen LogP contribution in [-0.2, 0) is 22.3 Å². The highest BCUT2D eigenvalue weighted by Crippen LogP contribution is 2.43. The number of carbonyl (C=O) groups excluding carboxylic acids is 1. The summed E-state index contributed by atoms with van der Waals surface area (Å²) in [6, 6.07) is 10.7. The quantitative estimate of drug-likeness (QED) is 0.412. The number of nitrogens with one attached hydrogen (secondary N) is 2. The molecule has 2 aromatic carbocycles. The number of aromatic amines is 1. The summed E-state index contributed by atoms with van der Waals surface area (Å²) in [5, 5.41) is 16.1. The van der Waals surface area contributed by atoms with E-state index in [1.54, 1.807) is 25.1 Å². The molecule has 2 atom stereocenters. The van der Waals surface area contributed by atoms with Gasteiger partial charge in [-0.25, -0.2) is 19.3 Å². The van der Waals surface area contributed by atoms with Crippen molar-refractivity contribution in [1.82, 2.24) is 14.8 Å². The summed E-state index contributed by atoms with van der Waals surface area (Å²) in [7, 11) is 3.22. The van der Waals surface area contributed by atoms with Gasteiger partial charge in [-0.3, -0.25) is 4.90 Å². The third-order valence-corrected chi connectivity index (χ3v) is 7.00. The Morgan fingerprint density at radius 3 is 2.65 bits per heavy atom. The van der Waals surface area contributed by atoms with Crippen LogP contribution in [0.3, 0.4) is 0 Å². The predicted molar refractivity (Wildman–Crippen MR) is 141 cm³/mol. The first-order valence-corrected chi connectivity index (χ1v) is 12.8. The molecule has 12 heteroatoms. The number of aromatic nitrogens is 3. The molecule has 0 saturated carbocycles. The van der Waals surface area contributed by atoms with E-state index in [9.17, 15) is 28.0 Å². The summed E-state index contributed by atoms with van der Waals surface area (Å²) in [5.74, 6) is -0.735. The molecule has 0 bridgehead atoms. The van der Waals surface area contributed by atoms with Crippen LogP contribution in [0.5, 0.6) is 0 Å². The zero-order valence-electron chi connectivity index (χ0n) is 22.6. The van der Waals surface area contributed by atoms with Gasteiger partial charge in [0.15, 0.2) is 0 Å². The van der Waals surface area contributed by atoms with Gasteiger partial charge in [-0.15, -0.1) is 5.10 Å². The summed E-state index contributed by atoms with van der Waals surface area (Å²) in [6.45, 7) is 5.05. The van der Waals surface area contributed by atoms with Crippen LogP contribution in [0.15, 0.2) is 58.5 Å². The molecule has 210 valence electrons. The normalized spacial score (nSPS) is 15.9. The molecule has 0 radical (unpaired) electrons. The lowest BCUT2D eigenvalue weighted by atomic mass is 9.90. The van der Waals surface area contributed by atoms with E-state index >= 15 is 0 Å². The Kier molecular flexibility index (Phi) is 8.16. The van der Waals surface area contributed by atoms with Crippen molar-refractivity contribution in [3.05, 3.63) is 86.5 Å². The van der Waals surface area contributed by atoms with Crippen LogP contribution in [-0.4, -0.2) is 41.4 Å². The number of allylic oxidation sites excluding steroid dienone is 1. The van der Waals surface area contributed by atoms with Crippen molar-refractivity contribution in [2.24, 2.45) is 0 Å². The average molecular weight is 556 g/mol. The summed E-state index contributed by atoms with van der Waals surface area (Å²) >= 11 is 0. The van der Waals surface area contributed by atoms with Crippen molar-refractivity contribution in [3.63, 3.8) is 0 Å². The van der Waals surface area contributed by atoms with Crippen molar-refractivity contribution in [3.8, 4) is 6.07 Å². The number of fused-ring (bicyclic) bond motifs is 1. The van der Waals surface area contributed by atoms with Gasteiger partial charge < -0.3 is 9.64 Å². The number of anilines is 2. The zero-order valence-corrected chi connectivity index (χ0v) is 22.6. The third-order valence-electron chi connectivity index (χ3n) is 7.00. The number of methoxy groups -OCH3 is 1. The fourth-order valence-electron chi connectivity index (χ4n) is 5.07. The Balaban J connectivity index is 1.97. The van der Waals surface area contributed by atoms with Crippen molar-refractivity contribution in [2.75, 3.05) is 25.6 Å². The molecule has 1 aliphatic heterocycles. The number of alkyl halides is 3. The molecule has 0 aliphatic carbocycles. The number of esters is 1. The standard InChI is InChI=1S/C28H29F3N6O3/c1-5-6-12-35(3)16-19-13-18(15-32)10-11-22(19)24-23(25(38)40-4)17(2)36(26-33-34-27(39)37(24)26)21-9-7-8-20(14-21)28(29,30)31/h7-11,13-14,24H,5-6,12,16H2,1-4H3,(H,34,39)/p+1/t24-/m1/s1. The minimum absolute atomic E-state index is 0.0153. The number of hydrogen-bond acceptors (Lipinski definition) is 6. The van der Waals surface area contributed by atoms with Crippen molar-refractivity contribution in [2.45, 2.75) is 45.5 Å². The highest BCUT2D eigenvalue weighted by molar-refractivity contribution is 5.93. The molecular weight excluding hydrogens is 525 g/mol. The van der Waals surface area contributed by atoms with E-state index in [1.165, 1.54) is 33.6 Å². The van der Waals surface area contributed by atoms with Crippen LogP contribution in [0.25, 0.3) is 0 Å². The average Bonchev–Trinajstić information content (AvgIpc) is 3.31. The van der Waals surface area contributed by atoms with Crippen molar-refractivity contribution >= 4 is 17.6 Å². The van der Waals surface area contributed by atoms with Crippen LogP contribution in [0.1, 0.15) is 55.0 Å². The number of H-pyrrole nitrogens is 1. The highest BCUT2D eigenvalue weighted by Gasteiger charge is 2.41. The SMILES string of the molecule is CCCC[NH+](C)Cc1cc(C#N)ccc1[C@@H]1C(C(=O)OC)=C(C)N(c2cccc(C(F)(F)F)c2)c2n[nH]c(=O)n21. The summed E-state index contributed by atoms with van der Waals surface area (Å²) < 4.78 is 47.0. The molecule has 0 spiro atoms. The first kappa shape index (κ1) is 28.6. The van der Waals surface area contributed by atoms with Gasteiger partial charge >= 0.3 is 17.8 Å². The van der Waals surface area contributed by atoms with Gasteiger partial charge in [0, 0.05) is 16.9 Å². The minimum atomic E-state index is -4.61. The molecule has 1 unspecified atom stereocenters. The van der Waals surface area contributed by atoms with Gasteiger partial charge in [0.2, 0.25) is 5.95 Å². The molecule has 40 heavy (non-hydrogen) atoms. The number of nitrogens with zero attached hydrogens (tertiary/aromatic N) is 4. The molecule has 4 rings (SSSR count). The maximum Gasteiger partial charge on any atom is 0.416 e. The number of ether oxygens (including phenoxy) is 1. The first-order chi connectivity index (χ1) is 19.0. The second kappa shape index (κ2) is 11.4. The maximum atomic E-state index is 13.6. The predicted octanol–water partition coefficient (Wildman–Crippen LogP) is 3.46. The van der Waals surface area contributed by atoms with Crippen LogP contribution >= 0.6 is 0 Å². The van der Waals surface area contributed by atoms with Gasteiger partial charge in [0.25, 0.3) is 0 Å². The van der Waals surface area contributed by atoms with Crippen molar-refractivity contribution < 1.29 is 27.6 Å². The third kappa shape index (κ3) is 5.37. The largest absolute Gasteiger partial charge is 0.466 e. The van der Waals surface area contributed by atoms with Crippen LogP contribution in [0.2, 0.25) is 0 Å². The number of hydrogen-bond donors (Lipinski definition) is 2. The minimum Gasteiger partial charge on any atom is -0.466 e. The van der Waals surface area contributed by atoms with E-state index in [2.05, 4.69) is 23.2 Å². The van der Waals surface area contributed by atoms with Crippen LogP contribution < -0.4 is 15.5 Å².